The van der Waals surface area contributed by atoms with Gasteiger partial charge in [-0.1, -0.05) is 0 Å². The van der Waals surface area contributed by atoms with Crippen molar-refractivity contribution < 1.29 is 17.2 Å². The Balaban J connectivity index is 2.42. The van der Waals surface area contributed by atoms with E-state index < -0.39 is 26.6 Å². The maximum absolute atomic E-state index is 13.5. The zero-order valence-electron chi connectivity index (χ0n) is 9.64. The van der Waals surface area contributed by atoms with Crippen LogP contribution in [0.3, 0.4) is 0 Å². The highest BCUT2D eigenvalue weighted by Crippen LogP contribution is 2.32. The molecule has 0 spiro atoms. The number of halogens is 2. The van der Waals surface area contributed by atoms with Gasteiger partial charge in [-0.2, -0.15) is 4.31 Å². The van der Waals surface area contributed by atoms with Crippen molar-refractivity contribution >= 4 is 10.0 Å². The van der Waals surface area contributed by atoms with E-state index in [-0.39, 0.29) is 19.1 Å². The minimum atomic E-state index is -4.01. The van der Waals surface area contributed by atoms with Gasteiger partial charge in [0.15, 0.2) is 0 Å². The first-order valence-electron chi connectivity index (χ1n) is 5.64. The molecule has 0 aromatic heterocycles. The predicted octanol–water partition coefficient (Wildman–Crippen LogP) is 1.08. The van der Waals surface area contributed by atoms with Crippen molar-refractivity contribution in [3.8, 4) is 0 Å². The molecule has 4 nitrogen and oxygen atoms in total. The van der Waals surface area contributed by atoms with Crippen LogP contribution in [0.2, 0.25) is 0 Å². The maximum atomic E-state index is 13.5. The first kappa shape index (κ1) is 13.4. The topological polar surface area (TPSA) is 63.4 Å². The second-order valence-electron chi connectivity index (χ2n) is 4.21. The van der Waals surface area contributed by atoms with E-state index in [2.05, 4.69) is 0 Å². The summed E-state index contributed by atoms with van der Waals surface area (Å²) in [5.41, 5.74) is 5.36. The van der Waals surface area contributed by atoms with E-state index in [9.17, 15) is 17.2 Å². The van der Waals surface area contributed by atoms with Gasteiger partial charge in [0, 0.05) is 19.1 Å². The molecule has 2 N–H and O–H groups in total. The third-order valence-corrected chi connectivity index (χ3v) is 4.75. The monoisotopic (exact) mass is 276 g/mol. The SMILES string of the molecule is NCCN(C1CC1)S(=O)(=O)c1cc(F)ccc1F. The van der Waals surface area contributed by atoms with Crippen molar-refractivity contribution in [3.05, 3.63) is 29.8 Å². The van der Waals surface area contributed by atoms with Crippen LogP contribution < -0.4 is 5.73 Å². The quantitative estimate of drug-likeness (QED) is 0.875. The van der Waals surface area contributed by atoms with Crippen molar-refractivity contribution in [1.29, 1.82) is 0 Å². The number of hydrogen-bond donors (Lipinski definition) is 1. The third-order valence-electron chi connectivity index (χ3n) is 2.78. The van der Waals surface area contributed by atoms with Crippen molar-refractivity contribution in [2.24, 2.45) is 5.73 Å². The zero-order valence-corrected chi connectivity index (χ0v) is 10.5. The van der Waals surface area contributed by atoms with Crippen LogP contribution >= 0.6 is 0 Å². The lowest BCUT2D eigenvalue weighted by Crippen LogP contribution is -2.37. The van der Waals surface area contributed by atoms with Crippen molar-refractivity contribution in [3.63, 3.8) is 0 Å². The van der Waals surface area contributed by atoms with Crippen LogP contribution in [0.25, 0.3) is 0 Å². The lowest BCUT2D eigenvalue weighted by Gasteiger charge is -2.21. The van der Waals surface area contributed by atoms with E-state index in [4.69, 9.17) is 5.73 Å². The number of nitrogens with two attached hydrogens (primary N) is 1. The normalized spacial score (nSPS) is 16.2. The van der Waals surface area contributed by atoms with Crippen LogP contribution in [0, 0.1) is 11.6 Å². The highest BCUT2D eigenvalue weighted by Gasteiger charge is 2.38. The molecular weight excluding hydrogens is 262 g/mol. The summed E-state index contributed by atoms with van der Waals surface area (Å²) in [7, 11) is -4.01. The van der Waals surface area contributed by atoms with Gasteiger partial charge in [-0.25, -0.2) is 17.2 Å². The Morgan fingerprint density at radius 2 is 2.00 bits per heavy atom. The molecule has 18 heavy (non-hydrogen) atoms. The second-order valence-corrected chi connectivity index (χ2v) is 6.07. The molecule has 1 aromatic rings. The molecule has 0 saturated heterocycles. The number of rotatable bonds is 5. The van der Waals surface area contributed by atoms with Gasteiger partial charge in [-0.15, -0.1) is 0 Å². The smallest absolute Gasteiger partial charge is 0.246 e. The Hall–Kier alpha value is -1.05. The summed E-state index contributed by atoms with van der Waals surface area (Å²) in [6.07, 6.45) is 1.46. The molecule has 7 heteroatoms. The number of hydrogen-bond acceptors (Lipinski definition) is 3. The largest absolute Gasteiger partial charge is 0.329 e. The molecule has 0 unspecified atom stereocenters. The van der Waals surface area contributed by atoms with Gasteiger partial charge >= 0.3 is 0 Å². The van der Waals surface area contributed by atoms with Gasteiger partial charge in [-0.3, -0.25) is 0 Å². The van der Waals surface area contributed by atoms with Crippen LogP contribution in [-0.4, -0.2) is 31.9 Å². The summed E-state index contributed by atoms with van der Waals surface area (Å²) < 4.78 is 52.3. The fourth-order valence-corrected chi connectivity index (χ4v) is 3.57. The van der Waals surface area contributed by atoms with E-state index in [1.54, 1.807) is 0 Å². The Kier molecular flexibility index (Phi) is 3.65. The standard InChI is InChI=1S/C11H14F2N2O2S/c12-8-1-4-10(13)11(7-8)18(16,17)15(6-5-14)9-2-3-9/h1,4,7,9H,2-3,5-6,14H2. The van der Waals surface area contributed by atoms with E-state index in [1.807, 2.05) is 0 Å². The highest BCUT2D eigenvalue weighted by molar-refractivity contribution is 7.89. The Bertz CT molecular complexity index is 544. The number of benzene rings is 1. The predicted molar refractivity (Wildman–Crippen MR) is 62.3 cm³/mol. The molecule has 2 rings (SSSR count). The van der Waals surface area contributed by atoms with E-state index in [1.165, 1.54) is 0 Å². The van der Waals surface area contributed by atoms with Crippen molar-refractivity contribution in [2.45, 2.75) is 23.8 Å². The van der Waals surface area contributed by atoms with E-state index in [0.29, 0.717) is 6.07 Å². The zero-order chi connectivity index (χ0) is 13.3. The van der Waals surface area contributed by atoms with Crippen LogP contribution in [0.5, 0.6) is 0 Å². The number of sulfonamides is 1. The summed E-state index contributed by atoms with van der Waals surface area (Å²) in [5.74, 6) is -1.72. The molecule has 1 fully saturated rings. The fourth-order valence-electron chi connectivity index (χ4n) is 1.79. The molecule has 1 saturated carbocycles. The lowest BCUT2D eigenvalue weighted by molar-refractivity contribution is 0.407. The molecule has 0 radical (unpaired) electrons. The first-order chi connectivity index (χ1) is 8.46. The molecule has 100 valence electrons. The summed E-state index contributed by atoms with van der Waals surface area (Å²) in [6, 6.07) is 2.27. The highest BCUT2D eigenvalue weighted by atomic mass is 32.2. The first-order valence-corrected chi connectivity index (χ1v) is 7.08. The van der Waals surface area contributed by atoms with Crippen LogP contribution in [0.1, 0.15) is 12.8 Å². The van der Waals surface area contributed by atoms with Gasteiger partial charge in [0.25, 0.3) is 0 Å². The van der Waals surface area contributed by atoms with Crippen molar-refractivity contribution in [2.75, 3.05) is 13.1 Å². The van der Waals surface area contributed by atoms with Gasteiger partial charge in [0.05, 0.1) is 0 Å². The van der Waals surface area contributed by atoms with E-state index in [0.717, 1.165) is 29.3 Å². The van der Waals surface area contributed by atoms with Gasteiger partial charge in [0.1, 0.15) is 16.5 Å². The molecule has 1 aliphatic carbocycles. The molecule has 0 heterocycles. The fraction of sp³-hybridized carbons (Fsp3) is 0.455. The van der Waals surface area contributed by atoms with Crippen LogP contribution in [-0.2, 0) is 10.0 Å². The molecular formula is C11H14F2N2O2S. The Morgan fingerprint density at radius 1 is 1.33 bits per heavy atom. The molecule has 0 atom stereocenters. The van der Waals surface area contributed by atoms with E-state index >= 15 is 0 Å². The average molecular weight is 276 g/mol. The summed E-state index contributed by atoms with van der Waals surface area (Å²) >= 11 is 0. The maximum Gasteiger partial charge on any atom is 0.246 e. The average Bonchev–Trinajstić information content (AvgIpc) is 3.13. The molecule has 0 bridgehead atoms. The minimum absolute atomic E-state index is 0.114. The second kappa shape index (κ2) is 4.91. The minimum Gasteiger partial charge on any atom is -0.329 e. The summed E-state index contributed by atoms with van der Waals surface area (Å²) in [5, 5.41) is 0. The molecule has 0 amide bonds. The summed E-state index contributed by atoms with van der Waals surface area (Å²) in [6.45, 7) is 0.260. The Labute approximate surface area is 104 Å². The molecule has 1 aromatic carbocycles. The van der Waals surface area contributed by atoms with Crippen LogP contribution in [0.4, 0.5) is 8.78 Å². The van der Waals surface area contributed by atoms with Gasteiger partial charge in [-0.05, 0) is 31.0 Å². The summed E-state index contributed by atoms with van der Waals surface area (Å²) in [4.78, 5) is -0.622. The molecule has 0 aliphatic heterocycles. The van der Waals surface area contributed by atoms with Gasteiger partial charge in [0.2, 0.25) is 10.0 Å². The lowest BCUT2D eigenvalue weighted by atomic mass is 10.3. The van der Waals surface area contributed by atoms with Crippen LogP contribution in [0.15, 0.2) is 23.1 Å². The number of nitrogens with zero attached hydrogens (tertiary/aromatic N) is 1. The van der Waals surface area contributed by atoms with Gasteiger partial charge < -0.3 is 5.73 Å². The molecule has 1 aliphatic rings. The van der Waals surface area contributed by atoms with Crippen molar-refractivity contribution in [1.82, 2.24) is 4.31 Å². The third kappa shape index (κ3) is 2.52. The Morgan fingerprint density at radius 3 is 2.56 bits per heavy atom.